The maximum Gasteiger partial charge on any atom is 0.211 e. The molecule has 26 heavy (non-hydrogen) atoms. The van der Waals surface area contributed by atoms with Gasteiger partial charge in [-0.15, -0.1) is 11.3 Å². The Morgan fingerprint density at radius 1 is 1.08 bits per heavy atom. The van der Waals surface area contributed by atoms with E-state index >= 15 is 0 Å². The van der Waals surface area contributed by atoms with Crippen molar-refractivity contribution in [2.75, 3.05) is 0 Å². The van der Waals surface area contributed by atoms with Gasteiger partial charge in [-0.1, -0.05) is 0 Å². The van der Waals surface area contributed by atoms with Crippen molar-refractivity contribution in [3.63, 3.8) is 0 Å². The topological polar surface area (TPSA) is 90.3 Å². The molecule has 9 heteroatoms. The summed E-state index contributed by atoms with van der Waals surface area (Å²) in [5.41, 5.74) is 0.814. The van der Waals surface area contributed by atoms with E-state index in [1.807, 2.05) is 0 Å². The molecule has 1 heterocycles. The van der Waals surface area contributed by atoms with E-state index in [1.165, 1.54) is 40.4 Å². The molecule has 0 amide bonds. The summed E-state index contributed by atoms with van der Waals surface area (Å²) in [7, 11) is 0. The van der Waals surface area contributed by atoms with Gasteiger partial charge in [0.1, 0.15) is 11.5 Å². The molecule has 0 aliphatic heterocycles. The fourth-order valence-corrected chi connectivity index (χ4v) is 2.90. The van der Waals surface area contributed by atoms with Gasteiger partial charge in [0.05, 0.1) is 11.9 Å². The first-order valence-electron chi connectivity index (χ1n) is 7.32. The number of nitrogens with zero attached hydrogens (tertiary/aromatic N) is 3. The van der Waals surface area contributed by atoms with Gasteiger partial charge in [-0.05, 0) is 31.2 Å². The van der Waals surface area contributed by atoms with Gasteiger partial charge in [-0.2, -0.15) is 5.10 Å². The van der Waals surface area contributed by atoms with E-state index in [4.69, 9.17) is 0 Å². The molecule has 0 bridgehead atoms. The minimum absolute atomic E-state index is 0.0395. The third kappa shape index (κ3) is 3.42. The van der Waals surface area contributed by atoms with Crippen LogP contribution in [0, 0.1) is 18.6 Å². The summed E-state index contributed by atoms with van der Waals surface area (Å²) in [4.78, 5) is 4.47. The number of hydrogen-bond acceptors (Lipinski definition) is 6. The molecular formula is C17H13F2N3O3S. The highest BCUT2D eigenvalue weighted by atomic mass is 32.1. The molecule has 0 aliphatic rings. The molecule has 0 radical (unpaired) electrons. The molecule has 6 nitrogen and oxygen atoms in total. The van der Waals surface area contributed by atoms with Crippen LogP contribution < -0.4 is 4.80 Å². The Balaban J connectivity index is 2.04. The predicted octanol–water partition coefficient (Wildman–Crippen LogP) is 3.37. The van der Waals surface area contributed by atoms with Gasteiger partial charge in [0, 0.05) is 17.0 Å². The lowest BCUT2D eigenvalue weighted by atomic mass is 10.2. The van der Waals surface area contributed by atoms with Crippen molar-refractivity contribution < 1.29 is 24.1 Å². The Morgan fingerprint density at radius 3 is 2.58 bits per heavy atom. The van der Waals surface area contributed by atoms with Crippen LogP contribution in [0.25, 0.3) is 0 Å². The normalized spacial score (nSPS) is 12.2. The molecule has 0 spiro atoms. The first-order chi connectivity index (χ1) is 12.4. The van der Waals surface area contributed by atoms with Gasteiger partial charge in [0.15, 0.2) is 17.3 Å². The highest BCUT2D eigenvalue weighted by molar-refractivity contribution is 7.07. The van der Waals surface area contributed by atoms with Crippen LogP contribution in [0.4, 0.5) is 14.5 Å². The molecule has 3 N–H and O–H groups in total. The monoisotopic (exact) mass is 377 g/mol. The third-order valence-electron chi connectivity index (χ3n) is 3.45. The Morgan fingerprint density at radius 2 is 1.85 bits per heavy atom. The van der Waals surface area contributed by atoms with Crippen molar-refractivity contribution >= 4 is 23.2 Å². The SMILES string of the molecule is Cc1csc(=Nc2ccc(F)cc2F)n1/N=C/c1ccc(O)c(O)c1O. The van der Waals surface area contributed by atoms with Crippen LogP contribution in [0.3, 0.4) is 0 Å². The van der Waals surface area contributed by atoms with Crippen molar-refractivity contribution in [3.8, 4) is 17.2 Å². The lowest BCUT2D eigenvalue weighted by Crippen LogP contribution is -2.11. The summed E-state index contributed by atoms with van der Waals surface area (Å²) in [6.45, 7) is 1.75. The number of halogens is 2. The molecule has 3 aromatic rings. The molecule has 0 fully saturated rings. The summed E-state index contributed by atoms with van der Waals surface area (Å²) in [5, 5.41) is 34.6. The molecule has 0 unspecified atom stereocenters. The number of rotatable bonds is 3. The van der Waals surface area contributed by atoms with E-state index in [0.717, 1.165) is 12.1 Å². The molecule has 1 aromatic heterocycles. The second-order valence-corrected chi connectivity index (χ2v) is 6.13. The zero-order valence-electron chi connectivity index (χ0n) is 13.4. The number of aryl methyl sites for hydroxylation is 1. The predicted molar refractivity (Wildman–Crippen MR) is 93.1 cm³/mol. The van der Waals surface area contributed by atoms with E-state index in [9.17, 15) is 24.1 Å². The Kier molecular flexibility index (Phi) is 4.72. The van der Waals surface area contributed by atoms with Crippen LogP contribution >= 0.6 is 11.3 Å². The summed E-state index contributed by atoms with van der Waals surface area (Å²) in [5.74, 6) is -3.13. The van der Waals surface area contributed by atoms with Crippen molar-refractivity contribution in [1.29, 1.82) is 0 Å². The summed E-state index contributed by atoms with van der Waals surface area (Å²) < 4.78 is 28.2. The Bertz CT molecular complexity index is 1070. The highest BCUT2D eigenvalue weighted by Crippen LogP contribution is 2.36. The van der Waals surface area contributed by atoms with Gasteiger partial charge in [-0.25, -0.2) is 18.4 Å². The summed E-state index contributed by atoms with van der Waals surface area (Å²) in [6.07, 6.45) is 1.26. The van der Waals surface area contributed by atoms with Gasteiger partial charge in [0.25, 0.3) is 0 Å². The van der Waals surface area contributed by atoms with E-state index in [2.05, 4.69) is 10.1 Å². The minimum atomic E-state index is -0.798. The zero-order valence-corrected chi connectivity index (χ0v) is 14.2. The summed E-state index contributed by atoms with van der Waals surface area (Å²) >= 11 is 1.20. The quantitative estimate of drug-likeness (QED) is 0.483. The fourth-order valence-electron chi connectivity index (χ4n) is 2.09. The maximum atomic E-state index is 13.8. The van der Waals surface area contributed by atoms with Gasteiger partial charge < -0.3 is 15.3 Å². The van der Waals surface area contributed by atoms with E-state index < -0.39 is 28.9 Å². The van der Waals surface area contributed by atoms with Crippen molar-refractivity contribution in [1.82, 2.24) is 4.68 Å². The van der Waals surface area contributed by atoms with Crippen molar-refractivity contribution in [2.45, 2.75) is 6.92 Å². The Labute approximate surface area is 150 Å². The van der Waals surface area contributed by atoms with Crippen LogP contribution in [0.5, 0.6) is 17.2 Å². The number of aromatic hydroxyl groups is 3. The first kappa shape index (κ1) is 17.6. The van der Waals surface area contributed by atoms with Crippen molar-refractivity contribution in [2.24, 2.45) is 10.1 Å². The van der Waals surface area contributed by atoms with Crippen LogP contribution in [0.15, 0.2) is 45.8 Å². The maximum absolute atomic E-state index is 13.8. The van der Waals surface area contributed by atoms with Crippen LogP contribution in [-0.2, 0) is 0 Å². The number of phenols is 3. The van der Waals surface area contributed by atoms with Gasteiger partial charge in [-0.3, -0.25) is 0 Å². The van der Waals surface area contributed by atoms with E-state index in [0.29, 0.717) is 10.5 Å². The Hall–Kier alpha value is -3.20. The second kappa shape index (κ2) is 6.96. The van der Waals surface area contributed by atoms with Crippen LogP contribution in [0.1, 0.15) is 11.3 Å². The first-order valence-corrected chi connectivity index (χ1v) is 8.20. The van der Waals surface area contributed by atoms with E-state index in [1.54, 1.807) is 12.3 Å². The number of benzene rings is 2. The zero-order chi connectivity index (χ0) is 18.8. The molecule has 0 atom stereocenters. The molecule has 0 aliphatic carbocycles. The molecule has 0 saturated heterocycles. The fraction of sp³-hybridized carbons (Fsp3) is 0.0588. The lowest BCUT2D eigenvalue weighted by molar-refractivity contribution is 0.367. The number of aromatic nitrogens is 1. The average Bonchev–Trinajstić information content (AvgIpc) is 2.94. The number of thiazole rings is 1. The standard InChI is InChI=1S/C17H13F2N3O3S/c1-9-8-26-17(21-13-4-3-11(18)6-12(13)19)22(9)20-7-10-2-5-14(23)16(25)15(10)24/h2-8,23-25H,1H3/b20-7+,21-17?. The molecule has 2 aromatic carbocycles. The van der Waals surface area contributed by atoms with Crippen LogP contribution in [0.2, 0.25) is 0 Å². The molecular weight excluding hydrogens is 364 g/mol. The molecule has 3 rings (SSSR count). The number of hydrogen-bond donors (Lipinski definition) is 3. The number of phenolic OH excluding ortho intramolecular Hbond substituents is 3. The van der Waals surface area contributed by atoms with E-state index in [-0.39, 0.29) is 11.3 Å². The third-order valence-corrected chi connectivity index (χ3v) is 4.38. The average molecular weight is 377 g/mol. The highest BCUT2D eigenvalue weighted by Gasteiger charge is 2.10. The van der Waals surface area contributed by atoms with Gasteiger partial charge in [0.2, 0.25) is 10.6 Å². The lowest BCUT2D eigenvalue weighted by Gasteiger charge is -2.04. The second-order valence-electron chi connectivity index (χ2n) is 5.29. The molecule has 134 valence electrons. The van der Waals surface area contributed by atoms with Gasteiger partial charge >= 0.3 is 0 Å². The largest absolute Gasteiger partial charge is 0.504 e. The van der Waals surface area contributed by atoms with Crippen LogP contribution in [-0.4, -0.2) is 26.2 Å². The van der Waals surface area contributed by atoms with Crippen molar-refractivity contribution in [3.05, 3.63) is 63.4 Å². The molecule has 0 saturated carbocycles. The minimum Gasteiger partial charge on any atom is -0.504 e. The summed E-state index contributed by atoms with van der Waals surface area (Å²) in [6, 6.07) is 5.64. The smallest absolute Gasteiger partial charge is 0.211 e.